The van der Waals surface area contributed by atoms with Gasteiger partial charge in [0.1, 0.15) is 0 Å². The summed E-state index contributed by atoms with van der Waals surface area (Å²) in [5.74, 6) is 0. The van der Waals surface area contributed by atoms with Gasteiger partial charge in [0.2, 0.25) is 0 Å². The van der Waals surface area contributed by atoms with Gasteiger partial charge in [-0.25, -0.2) is 0 Å². The zero-order chi connectivity index (χ0) is 31.8. The van der Waals surface area contributed by atoms with E-state index in [9.17, 15) is 4.79 Å². The third kappa shape index (κ3) is 3.73. The summed E-state index contributed by atoms with van der Waals surface area (Å²) in [7, 11) is 0. The van der Waals surface area contributed by atoms with Gasteiger partial charge in [-0.2, -0.15) is 0 Å². The van der Waals surface area contributed by atoms with Crippen LogP contribution in [0.2, 0.25) is 0 Å². The second kappa shape index (κ2) is 10.3. The maximum Gasteiger partial charge on any atom is 0.263 e. The lowest BCUT2D eigenvalue weighted by molar-refractivity contribution is 1.06. The van der Waals surface area contributed by atoms with Crippen LogP contribution in [0.4, 0.5) is 0 Å². The highest BCUT2D eigenvalue weighted by atomic mass is 16.1. The Kier molecular flexibility index (Phi) is 5.73. The number of hydrogen-bond acceptors (Lipinski definition) is 1. The molecule has 2 heterocycles. The Hall–Kier alpha value is -6.45. The fraction of sp³-hybridized carbons (Fsp3) is 0. The summed E-state index contributed by atoms with van der Waals surface area (Å²) in [5, 5.41) is 9.97. The molecule has 0 fully saturated rings. The molecule has 224 valence electrons. The van der Waals surface area contributed by atoms with E-state index < -0.39 is 0 Å². The molecule has 0 unspecified atom stereocenters. The monoisotopic (exact) mass is 612 g/mol. The van der Waals surface area contributed by atoms with Gasteiger partial charge in [-0.05, 0) is 69.8 Å². The van der Waals surface area contributed by atoms with E-state index in [0.717, 1.165) is 27.5 Å². The molecule has 3 nitrogen and oxygen atoms in total. The number of fused-ring (bicyclic) bond motifs is 8. The van der Waals surface area contributed by atoms with Crippen molar-refractivity contribution in [3.63, 3.8) is 0 Å². The van der Waals surface area contributed by atoms with Crippen LogP contribution in [-0.2, 0) is 0 Å². The van der Waals surface area contributed by atoms with E-state index in [1.807, 2.05) is 53.1 Å². The molecule has 0 saturated heterocycles. The zero-order valence-electron chi connectivity index (χ0n) is 26.0. The van der Waals surface area contributed by atoms with Gasteiger partial charge in [-0.3, -0.25) is 9.36 Å². The highest BCUT2D eigenvalue weighted by molar-refractivity contribution is 6.21. The van der Waals surface area contributed by atoms with Gasteiger partial charge >= 0.3 is 0 Å². The largest absolute Gasteiger partial charge is 0.308 e. The number of para-hydroxylation sites is 3. The van der Waals surface area contributed by atoms with Crippen LogP contribution in [0.25, 0.3) is 87.5 Å². The summed E-state index contributed by atoms with van der Waals surface area (Å²) < 4.78 is 4.30. The summed E-state index contributed by atoms with van der Waals surface area (Å²) in [6, 6.07) is 59.5. The lowest BCUT2D eigenvalue weighted by atomic mass is 9.89. The zero-order valence-corrected chi connectivity index (χ0v) is 26.0. The quantitative estimate of drug-likeness (QED) is 0.144. The van der Waals surface area contributed by atoms with Crippen molar-refractivity contribution in [3.05, 3.63) is 180 Å². The minimum Gasteiger partial charge on any atom is -0.308 e. The Balaban J connectivity index is 1.34. The van der Waals surface area contributed by atoms with Crippen molar-refractivity contribution < 1.29 is 0 Å². The van der Waals surface area contributed by atoms with Gasteiger partial charge < -0.3 is 4.57 Å². The van der Waals surface area contributed by atoms with Gasteiger partial charge in [0.05, 0.1) is 22.2 Å². The van der Waals surface area contributed by atoms with Crippen LogP contribution in [0.3, 0.4) is 0 Å². The van der Waals surface area contributed by atoms with Gasteiger partial charge in [0.25, 0.3) is 5.56 Å². The molecule has 8 aromatic carbocycles. The van der Waals surface area contributed by atoms with Gasteiger partial charge in [0, 0.05) is 38.0 Å². The molecule has 3 heteroatoms. The molecule has 48 heavy (non-hydrogen) atoms. The fourth-order valence-electron chi connectivity index (χ4n) is 7.89. The van der Waals surface area contributed by atoms with Crippen LogP contribution in [0, 0.1) is 0 Å². The smallest absolute Gasteiger partial charge is 0.263 e. The third-order valence-electron chi connectivity index (χ3n) is 9.90. The van der Waals surface area contributed by atoms with Crippen LogP contribution in [0.1, 0.15) is 0 Å². The average molecular weight is 613 g/mol. The molecule has 0 bridgehead atoms. The van der Waals surface area contributed by atoms with Crippen molar-refractivity contribution in [1.29, 1.82) is 0 Å². The molecule has 0 aliphatic carbocycles. The molecule has 2 aromatic heterocycles. The first-order valence-electron chi connectivity index (χ1n) is 16.3. The second-order valence-corrected chi connectivity index (χ2v) is 12.4. The third-order valence-corrected chi connectivity index (χ3v) is 9.90. The summed E-state index contributed by atoms with van der Waals surface area (Å²) in [5.41, 5.74) is 7.62. The SMILES string of the molecule is O=c1c2ccccc2c2cc(-c3c4ccccc4c(-n4c5ccccc5c5ccccc54)c4ccccc34)ccc2n1-c1ccccc1. The number of benzene rings is 8. The fourth-order valence-corrected chi connectivity index (χ4v) is 7.89. The molecule has 10 rings (SSSR count). The van der Waals surface area contributed by atoms with Crippen molar-refractivity contribution in [2.75, 3.05) is 0 Å². The molecule has 0 aliphatic rings. The molecular formula is C45H28N2O. The van der Waals surface area contributed by atoms with E-state index in [1.165, 1.54) is 54.6 Å². The highest BCUT2D eigenvalue weighted by Crippen LogP contribution is 2.44. The van der Waals surface area contributed by atoms with E-state index in [4.69, 9.17) is 0 Å². The summed E-state index contributed by atoms with van der Waals surface area (Å²) >= 11 is 0. The summed E-state index contributed by atoms with van der Waals surface area (Å²) in [6.45, 7) is 0. The van der Waals surface area contributed by atoms with E-state index in [-0.39, 0.29) is 5.56 Å². The first-order chi connectivity index (χ1) is 23.8. The molecule has 10 aromatic rings. The van der Waals surface area contributed by atoms with Gasteiger partial charge in [-0.15, -0.1) is 0 Å². The maximum absolute atomic E-state index is 13.9. The van der Waals surface area contributed by atoms with Crippen molar-refractivity contribution in [2.45, 2.75) is 0 Å². The maximum atomic E-state index is 13.9. The van der Waals surface area contributed by atoms with Gasteiger partial charge in [0.15, 0.2) is 0 Å². The van der Waals surface area contributed by atoms with E-state index in [1.54, 1.807) is 0 Å². The first kappa shape index (κ1) is 26.7. The Morgan fingerprint density at radius 1 is 0.333 bits per heavy atom. The molecule has 0 atom stereocenters. The van der Waals surface area contributed by atoms with Crippen molar-refractivity contribution >= 4 is 65.0 Å². The predicted octanol–water partition coefficient (Wildman–Crippen LogP) is 11.2. The van der Waals surface area contributed by atoms with E-state index >= 15 is 0 Å². The number of aromatic nitrogens is 2. The number of rotatable bonds is 3. The number of pyridine rings is 1. The minimum atomic E-state index is -0.0107. The molecule has 0 aliphatic heterocycles. The molecular weight excluding hydrogens is 585 g/mol. The van der Waals surface area contributed by atoms with Crippen LogP contribution >= 0.6 is 0 Å². The molecule has 0 saturated carbocycles. The lowest BCUT2D eigenvalue weighted by Gasteiger charge is -2.20. The molecule has 0 spiro atoms. The van der Waals surface area contributed by atoms with E-state index in [0.29, 0.717) is 5.39 Å². The number of hydrogen-bond donors (Lipinski definition) is 0. The lowest BCUT2D eigenvalue weighted by Crippen LogP contribution is -2.19. The topological polar surface area (TPSA) is 26.9 Å². The normalized spacial score (nSPS) is 11.8. The Morgan fingerprint density at radius 2 is 0.792 bits per heavy atom. The van der Waals surface area contributed by atoms with Crippen molar-refractivity contribution in [3.8, 4) is 22.5 Å². The number of nitrogens with zero attached hydrogens (tertiary/aromatic N) is 2. The summed E-state index contributed by atoms with van der Waals surface area (Å²) in [4.78, 5) is 13.9. The van der Waals surface area contributed by atoms with E-state index in [2.05, 4.69) is 126 Å². The highest BCUT2D eigenvalue weighted by Gasteiger charge is 2.21. The van der Waals surface area contributed by atoms with Crippen molar-refractivity contribution in [2.24, 2.45) is 0 Å². The minimum absolute atomic E-state index is 0.0107. The molecule has 0 radical (unpaired) electrons. The predicted molar refractivity (Wildman–Crippen MR) is 202 cm³/mol. The second-order valence-electron chi connectivity index (χ2n) is 12.4. The standard InChI is InChI=1S/C45H28N2O/c48-45-38-23-9-4-16-31(38)39-28-29(26-27-42(39)46(45)30-14-2-1-3-15-30)43-34-19-5-7-21-36(34)44(37-22-8-6-20-35(37)43)47-40-24-12-10-17-32(40)33-18-11-13-25-41(33)47/h1-28H. The van der Waals surface area contributed by atoms with Crippen molar-refractivity contribution in [1.82, 2.24) is 9.13 Å². The van der Waals surface area contributed by atoms with Gasteiger partial charge in [-0.1, -0.05) is 127 Å². The molecule has 0 amide bonds. The van der Waals surface area contributed by atoms with Crippen LogP contribution in [-0.4, -0.2) is 9.13 Å². The Labute approximate surface area is 276 Å². The Bertz CT molecular complexity index is 2860. The first-order valence-corrected chi connectivity index (χ1v) is 16.3. The molecule has 0 N–H and O–H groups in total. The van der Waals surface area contributed by atoms with Crippen LogP contribution in [0.15, 0.2) is 175 Å². The summed E-state index contributed by atoms with van der Waals surface area (Å²) in [6.07, 6.45) is 0. The Morgan fingerprint density at radius 3 is 1.40 bits per heavy atom. The van der Waals surface area contributed by atoms with Crippen LogP contribution < -0.4 is 5.56 Å². The van der Waals surface area contributed by atoms with Crippen LogP contribution in [0.5, 0.6) is 0 Å². The average Bonchev–Trinajstić information content (AvgIpc) is 3.48.